The van der Waals surface area contributed by atoms with Gasteiger partial charge in [-0.1, -0.05) is 30.3 Å². The maximum atomic E-state index is 13.6. The Bertz CT molecular complexity index is 931. The number of nitrogens with zero attached hydrogens (tertiary/aromatic N) is 2. The summed E-state index contributed by atoms with van der Waals surface area (Å²) < 4.78 is 25.7. The van der Waals surface area contributed by atoms with E-state index in [0.29, 0.717) is 5.56 Å². The van der Waals surface area contributed by atoms with E-state index < -0.39 is 23.0 Å². The van der Waals surface area contributed by atoms with Crippen molar-refractivity contribution < 1.29 is 18.7 Å². The molecule has 2 rings (SSSR count). The molecule has 0 spiro atoms. The summed E-state index contributed by atoms with van der Waals surface area (Å²) in [6.45, 7) is 2.92. The van der Waals surface area contributed by atoms with Crippen molar-refractivity contribution in [2.75, 3.05) is 6.61 Å². The number of aryl methyl sites for hydroxylation is 1. The molecule has 27 heavy (non-hydrogen) atoms. The topological polar surface area (TPSA) is 79.5 Å². The van der Waals surface area contributed by atoms with E-state index in [1.807, 2.05) is 30.3 Å². The number of carbonyl (C=O) groups excluding carboxylic acids is 1. The summed E-state index contributed by atoms with van der Waals surface area (Å²) in [5.41, 5.74) is 0.0477. The Kier molecular flexibility index (Phi) is 7.25. The normalized spacial score (nSPS) is 11.4. The minimum absolute atomic E-state index is 0.0444. The highest BCUT2D eigenvalue weighted by Crippen LogP contribution is 2.02. The Morgan fingerprint density at radius 3 is 2.59 bits per heavy atom. The van der Waals surface area contributed by atoms with E-state index in [4.69, 9.17) is 4.74 Å². The number of hydrogen-bond donors (Lipinski definition) is 0. The van der Waals surface area contributed by atoms with Gasteiger partial charge >= 0.3 is 11.7 Å². The Hall–Kier alpha value is -3.00. The molecular formula is C19H21FN2O5. The van der Waals surface area contributed by atoms with Gasteiger partial charge in [0.05, 0.1) is 13.2 Å². The molecule has 1 heterocycles. The molecule has 1 aromatic heterocycles. The first-order valence-electron chi connectivity index (χ1n) is 8.39. The molecule has 0 radical (unpaired) electrons. The molecule has 0 bridgehead atoms. The van der Waals surface area contributed by atoms with E-state index in [1.54, 1.807) is 6.92 Å². The SMILES string of the molecule is CCOC(=O)/C(F)=C\Cn1cc(C)c(=O)n(COCc2ccccc2)c1=O. The van der Waals surface area contributed by atoms with Crippen LogP contribution in [-0.2, 0) is 34.2 Å². The van der Waals surface area contributed by atoms with Gasteiger partial charge in [0, 0.05) is 18.3 Å². The molecular weight excluding hydrogens is 355 g/mol. The fraction of sp³-hybridized carbons (Fsp3) is 0.316. The molecule has 0 fully saturated rings. The molecule has 0 N–H and O–H groups in total. The number of carbonyl (C=O) groups is 1. The number of esters is 1. The summed E-state index contributed by atoms with van der Waals surface area (Å²) in [6, 6.07) is 9.31. The first kappa shape index (κ1) is 20.3. The lowest BCUT2D eigenvalue weighted by Gasteiger charge is -2.11. The molecule has 0 aliphatic rings. The molecule has 0 saturated carbocycles. The zero-order chi connectivity index (χ0) is 19.8. The summed E-state index contributed by atoms with van der Waals surface area (Å²) >= 11 is 0. The molecule has 0 saturated heterocycles. The van der Waals surface area contributed by atoms with Crippen LogP contribution in [0.4, 0.5) is 4.39 Å². The molecule has 144 valence electrons. The third-order valence-electron chi connectivity index (χ3n) is 3.68. The quantitative estimate of drug-likeness (QED) is 0.519. The number of hydrogen-bond acceptors (Lipinski definition) is 5. The second-order valence-corrected chi connectivity index (χ2v) is 5.72. The van der Waals surface area contributed by atoms with Crippen LogP contribution in [-0.4, -0.2) is 21.7 Å². The number of aromatic nitrogens is 2. The minimum atomic E-state index is -1.10. The van der Waals surface area contributed by atoms with Gasteiger partial charge in [-0.05, 0) is 25.5 Å². The van der Waals surface area contributed by atoms with Crippen LogP contribution < -0.4 is 11.2 Å². The summed E-state index contributed by atoms with van der Waals surface area (Å²) in [5, 5.41) is 0. The van der Waals surface area contributed by atoms with Crippen LogP contribution in [0.3, 0.4) is 0 Å². The van der Waals surface area contributed by atoms with Gasteiger partial charge in [0.15, 0.2) is 0 Å². The summed E-state index contributed by atoms with van der Waals surface area (Å²) in [6.07, 6.45) is 2.24. The molecule has 1 aromatic carbocycles. The van der Waals surface area contributed by atoms with Crippen molar-refractivity contribution in [1.82, 2.24) is 9.13 Å². The van der Waals surface area contributed by atoms with Crippen molar-refractivity contribution >= 4 is 5.97 Å². The number of halogens is 1. The van der Waals surface area contributed by atoms with Crippen LogP contribution in [0.2, 0.25) is 0 Å². The highest BCUT2D eigenvalue weighted by molar-refractivity contribution is 5.85. The van der Waals surface area contributed by atoms with Crippen molar-refractivity contribution in [2.45, 2.75) is 33.7 Å². The first-order valence-corrected chi connectivity index (χ1v) is 8.39. The second kappa shape index (κ2) is 9.63. The predicted molar refractivity (Wildman–Crippen MR) is 96.8 cm³/mol. The third kappa shape index (κ3) is 5.49. The smallest absolute Gasteiger partial charge is 0.366 e. The Morgan fingerprint density at radius 2 is 1.93 bits per heavy atom. The van der Waals surface area contributed by atoms with Crippen molar-refractivity contribution in [1.29, 1.82) is 0 Å². The number of ether oxygens (including phenoxy) is 2. The fourth-order valence-corrected chi connectivity index (χ4v) is 2.33. The van der Waals surface area contributed by atoms with Crippen LogP contribution >= 0.6 is 0 Å². The highest BCUT2D eigenvalue weighted by Gasteiger charge is 2.11. The predicted octanol–water partition coefficient (Wildman–Crippen LogP) is 1.91. The lowest BCUT2D eigenvalue weighted by molar-refractivity contribution is -0.140. The lowest BCUT2D eigenvalue weighted by Crippen LogP contribution is -2.41. The van der Waals surface area contributed by atoms with Gasteiger partial charge in [0.1, 0.15) is 6.73 Å². The standard InChI is InChI=1S/C19H21FN2O5/c1-3-27-18(24)16(20)9-10-21-11-14(2)17(23)22(19(21)25)13-26-12-15-7-5-4-6-8-15/h4-9,11H,3,10,12-13H2,1-2H3/b16-9+. The van der Waals surface area contributed by atoms with Crippen LogP contribution in [0, 0.1) is 6.92 Å². The number of rotatable bonds is 8. The van der Waals surface area contributed by atoms with Crippen LogP contribution in [0.1, 0.15) is 18.1 Å². The van der Waals surface area contributed by atoms with Crippen LogP contribution in [0.25, 0.3) is 0 Å². The van der Waals surface area contributed by atoms with Gasteiger partial charge in [-0.15, -0.1) is 0 Å². The van der Waals surface area contributed by atoms with Crippen molar-refractivity contribution in [3.05, 3.63) is 80.4 Å². The van der Waals surface area contributed by atoms with Gasteiger partial charge in [0.25, 0.3) is 5.56 Å². The van der Waals surface area contributed by atoms with E-state index in [1.165, 1.54) is 13.1 Å². The zero-order valence-corrected chi connectivity index (χ0v) is 15.2. The second-order valence-electron chi connectivity index (χ2n) is 5.72. The lowest BCUT2D eigenvalue weighted by atomic mass is 10.2. The van der Waals surface area contributed by atoms with E-state index in [-0.39, 0.29) is 26.5 Å². The maximum absolute atomic E-state index is 13.6. The fourth-order valence-electron chi connectivity index (χ4n) is 2.33. The largest absolute Gasteiger partial charge is 0.461 e. The number of allylic oxidation sites excluding steroid dienone is 1. The van der Waals surface area contributed by atoms with Crippen LogP contribution in [0.15, 0.2) is 58.0 Å². The summed E-state index contributed by atoms with van der Waals surface area (Å²) in [4.78, 5) is 36.0. The molecule has 0 atom stereocenters. The summed E-state index contributed by atoms with van der Waals surface area (Å²) in [7, 11) is 0. The number of benzene rings is 1. The Balaban J connectivity index is 2.16. The van der Waals surface area contributed by atoms with E-state index >= 15 is 0 Å². The van der Waals surface area contributed by atoms with E-state index in [2.05, 4.69) is 4.74 Å². The average Bonchev–Trinajstić information content (AvgIpc) is 2.67. The van der Waals surface area contributed by atoms with E-state index in [9.17, 15) is 18.8 Å². The molecule has 2 aromatic rings. The Labute approximate surface area is 155 Å². The molecule has 0 unspecified atom stereocenters. The molecule has 0 amide bonds. The van der Waals surface area contributed by atoms with Gasteiger partial charge in [0.2, 0.25) is 5.83 Å². The van der Waals surface area contributed by atoms with Crippen LogP contribution in [0.5, 0.6) is 0 Å². The minimum Gasteiger partial charge on any atom is -0.461 e. The van der Waals surface area contributed by atoms with Gasteiger partial charge in [-0.3, -0.25) is 9.36 Å². The monoisotopic (exact) mass is 376 g/mol. The molecule has 7 nitrogen and oxygen atoms in total. The maximum Gasteiger partial charge on any atom is 0.366 e. The van der Waals surface area contributed by atoms with Gasteiger partial charge in [-0.25, -0.2) is 14.2 Å². The van der Waals surface area contributed by atoms with E-state index in [0.717, 1.165) is 20.8 Å². The molecule has 8 heteroatoms. The average molecular weight is 376 g/mol. The van der Waals surface area contributed by atoms with Crippen molar-refractivity contribution in [2.24, 2.45) is 0 Å². The summed E-state index contributed by atoms with van der Waals surface area (Å²) in [5.74, 6) is -2.19. The highest BCUT2D eigenvalue weighted by atomic mass is 19.1. The van der Waals surface area contributed by atoms with Crippen molar-refractivity contribution in [3.63, 3.8) is 0 Å². The Morgan fingerprint density at radius 1 is 1.22 bits per heavy atom. The molecule has 0 aliphatic carbocycles. The van der Waals surface area contributed by atoms with Crippen molar-refractivity contribution in [3.8, 4) is 0 Å². The first-order chi connectivity index (χ1) is 12.9. The van der Waals surface area contributed by atoms with Gasteiger partial charge in [-0.2, -0.15) is 4.39 Å². The molecule has 0 aliphatic heterocycles. The third-order valence-corrected chi connectivity index (χ3v) is 3.68. The van der Waals surface area contributed by atoms with Gasteiger partial charge < -0.3 is 9.47 Å². The zero-order valence-electron chi connectivity index (χ0n) is 15.2.